The molecule has 0 radical (unpaired) electrons. The lowest BCUT2D eigenvalue weighted by Crippen LogP contribution is -2.00. The van der Waals surface area contributed by atoms with E-state index in [-0.39, 0.29) is 0 Å². The molecule has 30 heavy (non-hydrogen) atoms. The van der Waals surface area contributed by atoms with Gasteiger partial charge in [0, 0.05) is 0 Å². The maximum Gasteiger partial charge on any atom is -0.0322 e. The van der Waals surface area contributed by atoms with E-state index in [1.54, 1.807) is 0 Å². The Labute approximate surface area is 193 Å². The van der Waals surface area contributed by atoms with Gasteiger partial charge in [-0.05, 0) is 25.2 Å². The summed E-state index contributed by atoms with van der Waals surface area (Å²) in [7, 11) is 0. The molecule has 0 aliphatic heterocycles. The Bertz CT molecular complexity index is 316. The van der Waals surface area contributed by atoms with Gasteiger partial charge in [-0.2, -0.15) is 0 Å². The Hall–Kier alpha value is -0.260. The second-order valence-electron chi connectivity index (χ2n) is 9.95. The summed E-state index contributed by atoms with van der Waals surface area (Å²) >= 11 is 0. The molecular weight excluding hydrogens is 360 g/mol. The Balaban J connectivity index is 3.79. The van der Waals surface area contributed by atoms with Crippen molar-refractivity contribution in [1.29, 1.82) is 0 Å². The minimum Gasteiger partial charge on any atom is -0.0885 e. The Morgan fingerprint density at radius 3 is 1.23 bits per heavy atom. The van der Waals surface area contributed by atoms with Crippen molar-refractivity contribution < 1.29 is 0 Å². The molecule has 0 aliphatic carbocycles. The molecule has 180 valence electrons. The van der Waals surface area contributed by atoms with Gasteiger partial charge in [-0.25, -0.2) is 0 Å². The minimum absolute atomic E-state index is 0.955. The van der Waals surface area contributed by atoms with Crippen LogP contribution in [0.3, 0.4) is 0 Å². The summed E-state index contributed by atoms with van der Waals surface area (Å²) in [5.74, 6) is 0.955. The van der Waals surface area contributed by atoms with Crippen LogP contribution >= 0.6 is 0 Å². The molecule has 1 unspecified atom stereocenters. The van der Waals surface area contributed by atoms with E-state index in [4.69, 9.17) is 0 Å². The predicted molar refractivity (Wildman–Crippen MR) is 140 cm³/mol. The Morgan fingerprint density at radius 2 is 0.767 bits per heavy atom. The lowest BCUT2D eigenvalue weighted by molar-refractivity contribution is 0.407. The first-order chi connectivity index (χ1) is 14.8. The van der Waals surface area contributed by atoms with E-state index in [1.165, 1.54) is 154 Å². The molecule has 0 amide bonds. The third-order valence-corrected chi connectivity index (χ3v) is 6.79. The van der Waals surface area contributed by atoms with Gasteiger partial charge in [0.25, 0.3) is 0 Å². The second-order valence-corrected chi connectivity index (χ2v) is 9.95. The molecular formula is C30H60. The molecule has 0 spiro atoms. The van der Waals surface area contributed by atoms with Crippen LogP contribution in [0.15, 0.2) is 12.2 Å². The zero-order valence-corrected chi connectivity index (χ0v) is 21.7. The van der Waals surface area contributed by atoms with E-state index in [0.717, 1.165) is 5.92 Å². The monoisotopic (exact) mass is 420 g/mol. The molecule has 0 rings (SSSR count). The van der Waals surface area contributed by atoms with Crippen molar-refractivity contribution in [3.63, 3.8) is 0 Å². The van der Waals surface area contributed by atoms with Crippen LogP contribution in [0, 0.1) is 5.92 Å². The van der Waals surface area contributed by atoms with Gasteiger partial charge in [-0.15, -0.1) is 0 Å². The standard InChI is InChI=1S/C30H60/c1-4-7-10-13-15-17-18-19-21-23-26-29-30(27-24-12-9-6-3)28-25-22-20-16-14-11-8-5-2/h23,26,30H,4-22,24-25,27-29H2,1-3H3/b26-23+. The SMILES string of the molecule is CCCCCCCCCC/C=C/CC(CCCCCC)CCCCCCCCCC. The van der Waals surface area contributed by atoms with Gasteiger partial charge in [0.1, 0.15) is 0 Å². The van der Waals surface area contributed by atoms with Crippen LogP contribution in [0.2, 0.25) is 0 Å². The fraction of sp³-hybridized carbons (Fsp3) is 0.933. The lowest BCUT2D eigenvalue weighted by Gasteiger charge is -2.15. The number of hydrogen-bond donors (Lipinski definition) is 0. The first kappa shape index (κ1) is 29.7. The van der Waals surface area contributed by atoms with Gasteiger partial charge in [0.15, 0.2) is 0 Å². The van der Waals surface area contributed by atoms with Crippen molar-refractivity contribution in [2.24, 2.45) is 5.92 Å². The van der Waals surface area contributed by atoms with Gasteiger partial charge < -0.3 is 0 Å². The molecule has 0 saturated carbocycles. The van der Waals surface area contributed by atoms with E-state index in [1.807, 2.05) is 0 Å². The fourth-order valence-electron chi connectivity index (χ4n) is 4.61. The molecule has 0 heterocycles. The lowest BCUT2D eigenvalue weighted by atomic mass is 9.91. The van der Waals surface area contributed by atoms with Crippen molar-refractivity contribution in [3.8, 4) is 0 Å². The van der Waals surface area contributed by atoms with E-state index in [2.05, 4.69) is 32.9 Å². The summed E-state index contributed by atoms with van der Waals surface area (Å²) in [6, 6.07) is 0. The van der Waals surface area contributed by atoms with Crippen LogP contribution in [0.4, 0.5) is 0 Å². The summed E-state index contributed by atoms with van der Waals surface area (Å²) in [6.45, 7) is 6.94. The summed E-state index contributed by atoms with van der Waals surface area (Å²) in [6.07, 6.45) is 39.4. The Morgan fingerprint density at radius 1 is 0.400 bits per heavy atom. The third kappa shape index (κ3) is 24.0. The molecule has 0 bridgehead atoms. The van der Waals surface area contributed by atoms with Gasteiger partial charge in [0.05, 0.1) is 0 Å². The summed E-state index contributed by atoms with van der Waals surface area (Å²) in [5, 5.41) is 0. The largest absolute Gasteiger partial charge is 0.0885 e. The molecule has 0 heteroatoms. The average Bonchev–Trinajstić information content (AvgIpc) is 2.76. The highest BCUT2D eigenvalue weighted by molar-refractivity contribution is 4.84. The third-order valence-electron chi connectivity index (χ3n) is 6.79. The normalized spacial score (nSPS) is 12.8. The Kier molecular flexibility index (Phi) is 26.5. The fourth-order valence-corrected chi connectivity index (χ4v) is 4.61. The van der Waals surface area contributed by atoms with Crippen LogP contribution in [0.25, 0.3) is 0 Å². The maximum absolute atomic E-state index is 2.54. The van der Waals surface area contributed by atoms with Crippen LogP contribution in [0.1, 0.15) is 175 Å². The summed E-state index contributed by atoms with van der Waals surface area (Å²) < 4.78 is 0. The van der Waals surface area contributed by atoms with Crippen LogP contribution in [-0.2, 0) is 0 Å². The second kappa shape index (κ2) is 26.8. The number of allylic oxidation sites excluding steroid dienone is 2. The van der Waals surface area contributed by atoms with Crippen LogP contribution in [-0.4, -0.2) is 0 Å². The highest BCUT2D eigenvalue weighted by atomic mass is 14.1. The molecule has 0 nitrogen and oxygen atoms in total. The van der Waals surface area contributed by atoms with Crippen LogP contribution < -0.4 is 0 Å². The molecule has 0 N–H and O–H groups in total. The first-order valence-electron chi connectivity index (χ1n) is 14.5. The van der Waals surface area contributed by atoms with Gasteiger partial charge in [-0.3, -0.25) is 0 Å². The molecule has 0 fully saturated rings. The van der Waals surface area contributed by atoms with Gasteiger partial charge >= 0.3 is 0 Å². The minimum atomic E-state index is 0.955. The smallest absolute Gasteiger partial charge is 0.0322 e. The van der Waals surface area contributed by atoms with Crippen molar-refractivity contribution >= 4 is 0 Å². The van der Waals surface area contributed by atoms with Crippen molar-refractivity contribution in [3.05, 3.63) is 12.2 Å². The predicted octanol–water partition coefficient (Wildman–Crippen LogP) is 11.6. The number of rotatable bonds is 25. The average molecular weight is 421 g/mol. The maximum atomic E-state index is 2.54. The zero-order valence-electron chi connectivity index (χ0n) is 21.7. The van der Waals surface area contributed by atoms with E-state index < -0.39 is 0 Å². The van der Waals surface area contributed by atoms with Gasteiger partial charge in [-0.1, -0.05) is 168 Å². The van der Waals surface area contributed by atoms with Crippen molar-refractivity contribution in [2.45, 2.75) is 175 Å². The summed E-state index contributed by atoms with van der Waals surface area (Å²) in [5.41, 5.74) is 0. The molecule has 1 atom stereocenters. The number of unbranched alkanes of at least 4 members (excludes halogenated alkanes) is 18. The highest BCUT2D eigenvalue weighted by Crippen LogP contribution is 2.22. The van der Waals surface area contributed by atoms with Crippen LogP contribution in [0.5, 0.6) is 0 Å². The molecule has 0 aromatic heterocycles. The molecule has 0 aliphatic rings. The topological polar surface area (TPSA) is 0 Å². The van der Waals surface area contributed by atoms with Crippen molar-refractivity contribution in [2.75, 3.05) is 0 Å². The van der Waals surface area contributed by atoms with E-state index >= 15 is 0 Å². The quantitative estimate of drug-likeness (QED) is 0.102. The zero-order chi connectivity index (χ0) is 22.0. The molecule has 0 aromatic carbocycles. The number of hydrogen-bond acceptors (Lipinski definition) is 0. The van der Waals surface area contributed by atoms with Crippen molar-refractivity contribution in [1.82, 2.24) is 0 Å². The molecule has 0 aromatic rings. The van der Waals surface area contributed by atoms with E-state index in [0.29, 0.717) is 0 Å². The van der Waals surface area contributed by atoms with E-state index in [9.17, 15) is 0 Å². The first-order valence-corrected chi connectivity index (χ1v) is 14.5. The van der Waals surface area contributed by atoms with Gasteiger partial charge in [0.2, 0.25) is 0 Å². The molecule has 0 saturated heterocycles. The summed E-state index contributed by atoms with van der Waals surface area (Å²) in [4.78, 5) is 0. The highest BCUT2D eigenvalue weighted by Gasteiger charge is 2.07.